The summed E-state index contributed by atoms with van der Waals surface area (Å²) < 4.78 is 5.68. The fourth-order valence-electron chi connectivity index (χ4n) is 1.59. The minimum Gasteiger partial charge on any atom is -0.437 e. The van der Waals surface area contributed by atoms with Gasteiger partial charge in [-0.05, 0) is 18.2 Å². The highest BCUT2D eigenvalue weighted by atomic mass is 35.5. The molecule has 0 aliphatic carbocycles. The highest BCUT2D eigenvalue weighted by Gasteiger charge is 2.08. The Morgan fingerprint density at radius 2 is 1.85 bits per heavy atom. The number of pyridine rings is 1. The lowest BCUT2D eigenvalue weighted by molar-refractivity contribution is 0.458. The molecule has 0 saturated heterocycles. The average molecular weight is 311 g/mol. The third kappa shape index (κ3) is 4.10. The van der Waals surface area contributed by atoms with Gasteiger partial charge in [-0.2, -0.15) is 0 Å². The number of rotatable bonds is 5. The van der Waals surface area contributed by atoms with Crippen molar-refractivity contribution in [1.29, 1.82) is 0 Å². The molecule has 0 saturated carbocycles. The second kappa shape index (κ2) is 6.93. The zero-order valence-corrected chi connectivity index (χ0v) is 12.9. The molecule has 0 aliphatic rings. The summed E-state index contributed by atoms with van der Waals surface area (Å²) in [5.74, 6) is 1.05. The van der Waals surface area contributed by atoms with Crippen LogP contribution in [0.25, 0.3) is 0 Å². The van der Waals surface area contributed by atoms with E-state index >= 15 is 0 Å². The van der Waals surface area contributed by atoms with Crippen molar-refractivity contribution in [1.82, 2.24) is 10.3 Å². The molecule has 5 heteroatoms. The third-order valence-electron chi connectivity index (χ3n) is 2.62. The van der Waals surface area contributed by atoms with E-state index in [9.17, 15) is 0 Å². The van der Waals surface area contributed by atoms with E-state index < -0.39 is 0 Å². The number of halogens is 2. The second-order valence-corrected chi connectivity index (χ2v) is 5.46. The Kier molecular flexibility index (Phi) is 5.24. The Bertz CT molecular complexity index is 588. The van der Waals surface area contributed by atoms with Crippen LogP contribution in [-0.4, -0.2) is 11.0 Å². The summed E-state index contributed by atoms with van der Waals surface area (Å²) >= 11 is 12.2. The number of aromatic nitrogens is 1. The molecule has 0 bridgehead atoms. The van der Waals surface area contributed by atoms with Crippen LogP contribution in [0.5, 0.6) is 11.6 Å². The van der Waals surface area contributed by atoms with Crippen LogP contribution in [0.1, 0.15) is 19.5 Å². The minimum atomic E-state index is 0.362. The molecule has 2 rings (SSSR count). The maximum atomic E-state index is 6.13. The lowest BCUT2D eigenvalue weighted by Gasteiger charge is -2.11. The second-order valence-electron chi connectivity index (χ2n) is 4.65. The summed E-state index contributed by atoms with van der Waals surface area (Å²) in [6, 6.07) is 11.1. The van der Waals surface area contributed by atoms with Gasteiger partial charge in [-0.3, -0.25) is 0 Å². The van der Waals surface area contributed by atoms with Crippen molar-refractivity contribution in [3.8, 4) is 11.6 Å². The van der Waals surface area contributed by atoms with E-state index in [-0.39, 0.29) is 0 Å². The number of ether oxygens (including phenoxy) is 1. The SMILES string of the molecule is CC(C)NCc1nc(Oc2ccccc2Cl)ccc1Cl. The highest BCUT2D eigenvalue weighted by molar-refractivity contribution is 6.32. The fourth-order valence-corrected chi connectivity index (χ4v) is 1.93. The van der Waals surface area contributed by atoms with Crippen molar-refractivity contribution in [2.75, 3.05) is 0 Å². The first-order valence-corrected chi connectivity index (χ1v) is 7.13. The van der Waals surface area contributed by atoms with Crippen molar-refractivity contribution in [3.05, 3.63) is 52.1 Å². The summed E-state index contributed by atoms with van der Waals surface area (Å²) in [7, 11) is 0. The Hall–Kier alpha value is -1.29. The molecular weight excluding hydrogens is 295 g/mol. The van der Waals surface area contributed by atoms with Crippen LogP contribution in [-0.2, 0) is 6.54 Å². The first-order valence-electron chi connectivity index (χ1n) is 6.37. The molecule has 0 spiro atoms. The molecule has 0 amide bonds. The van der Waals surface area contributed by atoms with E-state index in [1.165, 1.54) is 0 Å². The monoisotopic (exact) mass is 310 g/mol. The molecule has 106 valence electrons. The minimum absolute atomic E-state index is 0.362. The van der Waals surface area contributed by atoms with Gasteiger partial charge in [0.25, 0.3) is 0 Å². The van der Waals surface area contributed by atoms with Crippen molar-refractivity contribution >= 4 is 23.2 Å². The molecule has 1 aromatic heterocycles. The smallest absolute Gasteiger partial charge is 0.219 e. The van der Waals surface area contributed by atoms with Gasteiger partial charge < -0.3 is 10.1 Å². The Labute approximate surface area is 128 Å². The number of hydrogen-bond acceptors (Lipinski definition) is 3. The van der Waals surface area contributed by atoms with Crippen LogP contribution in [0.15, 0.2) is 36.4 Å². The van der Waals surface area contributed by atoms with E-state index in [1.807, 2.05) is 12.1 Å². The molecule has 2 aromatic rings. The van der Waals surface area contributed by atoms with Gasteiger partial charge in [-0.25, -0.2) is 4.98 Å². The van der Waals surface area contributed by atoms with Crippen LogP contribution in [0.4, 0.5) is 0 Å². The largest absolute Gasteiger partial charge is 0.437 e. The summed E-state index contributed by atoms with van der Waals surface area (Å²) in [6.07, 6.45) is 0. The van der Waals surface area contributed by atoms with Gasteiger partial charge in [0.2, 0.25) is 5.88 Å². The van der Waals surface area contributed by atoms with E-state index in [0.717, 1.165) is 5.69 Å². The third-order valence-corrected chi connectivity index (χ3v) is 3.28. The first kappa shape index (κ1) is 15.1. The predicted octanol–water partition coefficient (Wildman–Crippen LogP) is 4.68. The van der Waals surface area contributed by atoms with Crippen LogP contribution < -0.4 is 10.1 Å². The number of para-hydroxylation sites is 1. The lowest BCUT2D eigenvalue weighted by atomic mass is 10.3. The molecule has 0 atom stereocenters. The fraction of sp³-hybridized carbons (Fsp3) is 0.267. The van der Waals surface area contributed by atoms with Crippen molar-refractivity contribution < 1.29 is 4.74 Å². The van der Waals surface area contributed by atoms with E-state index in [0.29, 0.717) is 34.3 Å². The van der Waals surface area contributed by atoms with Gasteiger partial charge in [0.1, 0.15) is 5.75 Å². The van der Waals surface area contributed by atoms with Gasteiger partial charge in [0, 0.05) is 18.7 Å². The zero-order valence-electron chi connectivity index (χ0n) is 11.4. The van der Waals surface area contributed by atoms with Gasteiger partial charge in [0.15, 0.2) is 0 Å². The maximum Gasteiger partial charge on any atom is 0.219 e. The predicted molar refractivity (Wildman–Crippen MR) is 82.7 cm³/mol. The van der Waals surface area contributed by atoms with E-state index in [2.05, 4.69) is 24.1 Å². The molecular formula is C15H16Cl2N2O. The molecule has 1 heterocycles. The van der Waals surface area contributed by atoms with E-state index in [1.54, 1.807) is 24.3 Å². The maximum absolute atomic E-state index is 6.13. The van der Waals surface area contributed by atoms with Crippen LogP contribution in [0, 0.1) is 0 Å². The van der Waals surface area contributed by atoms with Crippen molar-refractivity contribution in [3.63, 3.8) is 0 Å². The molecule has 0 unspecified atom stereocenters. The van der Waals surface area contributed by atoms with Gasteiger partial charge in [0.05, 0.1) is 15.7 Å². The summed E-state index contributed by atoms with van der Waals surface area (Å²) in [5, 5.41) is 4.44. The summed E-state index contributed by atoms with van der Waals surface area (Å²) in [5.41, 5.74) is 0.755. The Balaban J connectivity index is 2.17. The summed E-state index contributed by atoms with van der Waals surface area (Å²) in [4.78, 5) is 4.41. The molecule has 20 heavy (non-hydrogen) atoms. The number of benzene rings is 1. The lowest BCUT2D eigenvalue weighted by Crippen LogP contribution is -2.22. The number of hydrogen-bond donors (Lipinski definition) is 1. The molecule has 1 N–H and O–H groups in total. The highest BCUT2D eigenvalue weighted by Crippen LogP contribution is 2.28. The zero-order chi connectivity index (χ0) is 14.5. The molecule has 1 aromatic carbocycles. The standard InChI is InChI=1S/C15H16Cl2N2O/c1-10(2)18-9-13-11(16)7-8-15(19-13)20-14-6-4-3-5-12(14)17/h3-8,10,18H,9H2,1-2H3. The normalized spacial score (nSPS) is 10.8. The van der Waals surface area contributed by atoms with Gasteiger partial charge in [-0.1, -0.05) is 49.2 Å². The van der Waals surface area contributed by atoms with Crippen LogP contribution >= 0.6 is 23.2 Å². The number of nitrogens with zero attached hydrogens (tertiary/aromatic N) is 1. The summed E-state index contributed by atoms with van der Waals surface area (Å²) in [6.45, 7) is 4.73. The van der Waals surface area contributed by atoms with Gasteiger partial charge in [-0.15, -0.1) is 0 Å². The Morgan fingerprint density at radius 3 is 2.55 bits per heavy atom. The van der Waals surface area contributed by atoms with Crippen LogP contribution in [0.3, 0.4) is 0 Å². The van der Waals surface area contributed by atoms with Crippen LogP contribution in [0.2, 0.25) is 10.0 Å². The number of nitrogens with one attached hydrogen (secondary N) is 1. The first-order chi connectivity index (χ1) is 9.56. The topological polar surface area (TPSA) is 34.2 Å². The van der Waals surface area contributed by atoms with E-state index in [4.69, 9.17) is 27.9 Å². The quantitative estimate of drug-likeness (QED) is 0.870. The molecule has 0 fully saturated rings. The molecule has 0 radical (unpaired) electrons. The van der Waals surface area contributed by atoms with Crippen molar-refractivity contribution in [2.24, 2.45) is 0 Å². The Morgan fingerprint density at radius 1 is 1.10 bits per heavy atom. The average Bonchev–Trinajstić information content (AvgIpc) is 2.42. The molecule has 3 nitrogen and oxygen atoms in total. The molecule has 0 aliphatic heterocycles. The van der Waals surface area contributed by atoms with Crippen molar-refractivity contribution in [2.45, 2.75) is 26.4 Å². The van der Waals surface area contributed by atoms with Gasteiger partial charge >= 0.3 is 0 Å².